The SMILES string of the molecule is CCNC(=NCc1sc(C)nc1C)NC1CCN(CC2CCOC2)CC1. The van der Waals surface area contributed by atoms with Crippen LogP contribution in [0, 0.1) is 19.8 Å². The molecule has 3 heterocycles. The number of ether oxygens (including phenoxy) is 1. The van der Waals surface area contributed by atoms with E-state index in [1.54, 1.807) is 11.3 Å². The van der Waals surface area contributed by atoms with Crippen molar-refractivity contribution in [1.29, 1.82) is 0 Å². The minimum Gasteiger partial charge on any atom is -0.381 e. The largest absolute Gasteiger partial charge is 0.381 e. The first kappa shape index (κ1) is 19.6. The summed E-state index contributed by atoms with van der Waals surface area (Å²) in [5, 5.41) is 8.15. The number of thiazole rings is 1. The molecular formula is C19H33N5OS. The van der Waals surface area contributed by atoms with E-state index in [9.17, 15) is 0 Å². The van der Waals surface area contributed by atoms with Crippen LogP contribution in [0.5, 0.6) is 0 Å². The summed E-state index contributed by atoms with van der Waals surface area (Å²) in [6.07, 6.45) is 3.58. The zero-order valence-corrected chi connectivity index (χ0v) is 17.2. The molecule has 6 nitrogen and oxygen atoms in total. The van der Waals surface area contributed by atoms with Crippen molar-refractivity contribution in [2.45, 2.75) is 52.6 Å². The Morgan fingerprint density at radius 1 is 1.31 bits per heavy atom. The van der Waals surface area contributed by atoms with Gasteiger partial charge in [0.05, 0.1) is 23.9 Å². The van der Waals surface area contributed by atoms with Gasteiger partial charge in [-0.05, 0) is 46.0 Å². The topological polar surface area (TPSA) is 61.8 Å². The minimum absolute atomic E-state index is 0.508. The second-order valence-electron chi connectivity index (χ2n) is 7.39. The van der Waals surface area contributed by atoms with E-state index >= 15 is 0 Å². The molecule has 0 radical (unpaired) electrons. The van der Waals surface area contributed by atoms with Gasteiger partial charge in [0, 0.05) is 43.7 Å². The van der Waals surface area contributed by atoms with Gasteiger partial charge in [0.25, 0.3) is 0 Å². The normalized spacial score (nSPS) is 22.7. The molecule has 7 heteroatoms. The van der Waals surface area contributed by atoms with Crippen LogP contribution in [0.25, 0.3) is 0 Å². The Morgan fingerprint density at radius 3 is 2.73 bits per heavy atom. The Balaban J connectivity index is 1.47. The molecule has 1 aromatic rings. The Labute approximate surface area is 161 Å². The second-order valence-corrected chi connectivity index (χ2v) is 8.67. The highest BCUT2D eigenvalue weighted by molar-refractivity contribution is 7.11. The number of aromatic nitrogens is 1. The summed E-state index contributed by atoms with van der Waals surface area (Å²) in [5.41, 5.74) is 1.11. The summed E-state index contributed by atoms with van der Waals surface area (Å²) in [7, 11) is 0. The molecule has 0 aliphatic carbocycles. The van der Waals surface area contributed by atoms with Crippen molar-refractivity contribution < 1.29 is 4.74 Å². The first-order chi connectivity index (χ1) is 12.6. The summed E-state index contributed by atoms with van der Waals surface area (Å²) in [6, 6.07) is 0.508. The number of nitrogens with zero attached hydrogens (tertiary/aromatic N) is 3. The van der Waals surface area contributed by atoms with E-state index in [-0.39, 0.29) is 0 Å². The quantitative estimate of drug-likeness (QED) is 0.587. The Bertz CT molecular complexity index is 589. The highest BCUT2D eigenvalue weighted by Crippen LogP contribution is 2.19. The van der Waals surface area contributed by atoms with Gasteiger partial charge in [0.2, 0.25) is 0 Å². The molecule has 2 fully saturated rings. The predicted octanol–water partition coefficient (Wildman–Crippen LogP) is 2.32. The fraction of sp³-hybridized carbons (Fsp3) is 0.789. The monoisotopic (exact) mass is 379 g/mol. The van der Waals surface area contributed by atoms with Crippen LogP contribution in [-0.2, 0) is 11.3 Å². The fourth-order valence-electron chi connectivity index (χ4n) is 3.74. The molecule has 1 aromatic heterocycles. The maximum atomic E-state index is 5.51. The third kappa shape index (κ3) is 5.66. The van der Waals surface area contributed by atoms with Gasteiger partial charge in [-0.25, -0.2) is 9.98 Å². The van der Waals surface area contributed by atoms with Crippen molar-refractivity contribution in [2.24, 2.45) is 10.9 Å². The van der Waals surface area contributed by atoms with Gasteiger partial charge in [-0.15, -0.1) is 11.3 Å². The van der Waals surface area contributed by atoms with E-state index in [0.29, 0.717) is 12.6 Å². The second kappa shape index (κ2) is 9.67. The molecule has 0 spiro atoms. The number of hydrogen-bond acceptors (Lipinski definition) is 5. The van der Waals surface area contributed by atoms with Crippen LogP contribution in [0.3, 0.4) is 0 Å². The van der Waals surface area contributed by atoms with Crippen molar-refractivity contribution in [2.75, 3.05) is 39.4 Å². The molecule has 0 amide bonds. The molecule has 26 heavy (non-hydrogen) atoms. The standard InChI is InChI=1S/C19H33N5OS/c1-4-20-19(21-11-18-14(2)22-15(3)26-18)23-17-5-8-24(9-6-17)12-16-7-10-25-13-16/h16-17H,4-13H2,1-3H3,(H2,20,21,23). The van der Waals surface area contributed by atoms with Crippen molar-refractivity contribution in [1.82, 2.24) is 20.5 Å². The number of guanidine groups is 1. The number of aryl methyl sites for hydroxylation is 2. The average Bonchev–Trinajstić information content (AvgIpc) is 3.24. The fourth-order valence-corrected chi connectivity index (χ4v) is 4.60. The molecule has 2 aliphatic heterocycles. The molecule has 2 N–H and O–H groups in total. The van der Waals surface area contributed by atoms with Gasteiger partial charge in [-0.1, -0.05) is 0 Å². The van der Waals surface area contributed by atoms with Crippen LogP contribution in [0.2, 0.25) is 0 Å². The lowest BCUT2D eigenvalue weighted by atomic mass is 10.0. The van der Waals surface area contributed by atoms with Gasteiger partial charge >= 0.3 is 0 Å². The van der Waals surface area contributed by atoms with Crippen LogP contribution in [0.15, 0.2) is 4.99 Å². The first-order valence-corrected chi connectivity index (χ1v) is 10.7. The highest BCUT2D eigenvalue weighted by atomic mass is 32.1. The average molecular weight is 380 g/mol. The van der Waals surface area contributed by atoms with Crippen LogP contribution in [0.1, 0.15) is 41.8 Å². The molecule has 146 valence electrons. The summed E-state index contributed by atoms with van der Waals surface area (Å²) < 4.78 is 5.51. The smallest absolute Gasteiger partial charge is 0.191 e. The maximum Gasteiger partial charge on any atom is 0.191 e. The molecule has 0 bridgehead atoms. The van der Waals surface area contributed by atoms with Crippen molar-refractivity contribution >= 4 is 17.3 Å². The number of aliphatic imine (C=N–C) groups is 1. The lowest BCUT2D eigenvalue weighted by Crippen LogP contribution is -2.49. The minimum atomic E-state index is 0.508. The van der Waals surface area contributed by atoms with E-state index < -0.39 is 0 Å². The van der Waals surface area contributed by atoms with E-state index in [4.69, 9.17) is 9.73 Å². The molecule has 2 saturated heterocycles. The number of nitrogens with one attached hydrogen (secondary N) is 2. The molecule has 0 aromatic carbocycles. The van der Waals surface area contributed by atoms with Gasteiger partial charge < -0.3 is 20.3 Å². The van der Waals surface area contributed by atoms with Crippen molar-refractivity contribution in [3.05, 3.63) is 15.6 Å². The van der Waals surface area contributed by atoms with Crippen molar-refractivity contribution in [3.63, 3.8) is 0 Å². The lowest BCUT2D eigenvalue weighted by molar-refractivity contribution is 0.150. The molecular weight excluding hydrogens is 346 g/mol. The van der Waals surface area contributed by atoms with Crippen LogP contribution >= 0.6 is 11.3 Å². The van der Waals surface area contributed by atoms with Crippen LogP contribution in [-0.4, -0.2) is 61.3 Å². The molecule has 2 aliphatic rings. The molecule has 1 atom stereocenters. The third-order valence-electron chi connectivity index (χ3n) is 5.19. The van der Waals surface area contributed by atoms with E-state index in [1.807, 2.05) is 0 Å². The van der Waals surface area contributed by atoms with Gasteiger partial charge in [-0.3, -0.25) is 0 Å². The maximum absolute atomic E-state index is 5.51. The van der Waals surface area contributed by atoms with Gasteiger partial charge in [0.1, 0.15) is 0 Å². The van der Waals surface area contributed by atoms with Crippen molar-refractivity contribution in [3.8, 4) is 0 Å². The molecule has 0 saturated carbocycles. The summed E-state index contributed by atoms with van der Waals surface area (Å²) in [4.78, 5) is 13.1. The zero-order valence-electron chi connectivity index (χ0n) is 16.4. The third-order valence-corrected chi connectivity index (χ3v) is 6.25. The number of piperidine rings is 1. The summed E-state index contributed by atoms with van der Waals surface area (Å²) in [5.74, 6) is 1.67. The zero-order chi connectivity index (χ0) is 18.4. The Hall–Kier alpha value is -1.18. The van der Waals surface area contributed by atoms with Gasteiger partial charge in [0.15, 0.2) is 5.96 Å². The number of likely N-dealkylation sites (tertiary alicyclic amines) is 1. The van der Waals surface area contributed by atoms with Crippen LogP contribution in [0.4, 0.5) is 0 Å². The van der Waals surface area contributed by atoms with Gasteiger partial charge in [-0.2, -0.15) is 0 Å². The van der Waals surface area contributed by atoms with E-state index in [0.717, 1.165) is 42.3 Å². The number of rotatable bonds is 6. The number of hydrogen-bond donors (Lipinski definition) is 2. The summed E-state index contributed by atoms with van der Waals surface area (Å²) in [6.45, 7) is 13.3. The Morgan fingerprint density at radius 2 is 2.12 bits per heavy atom. The summed E-state index contributed by atoms with van der Waals surface area (Å²) >= 11 is 1.75. The first-order valence-electron chi connectivity index (χ1n) is 9.92. The Kier molecular flexibility index (Phi) is 7.28. The van der Waals surface area contributed by atoms with E-state index in [1.165, 1.54) is 43.8 Å². The van der Waals surface area contributed by atoms with E-state index in [2.05, 4.69) is 41.3 Å². The molecule has 1 unspecified atom stereocenters. The van der Waals surface area contributed by atoms with Crippen LogP contribution < -0.4 is 10.6 Å². The molecule has 3 rings (SSSR count). The predicted molar refractivity (Wildman–Crippen MR) is 108 cm³/mol. The lowest BCUT2D eigenvalue weighted by Gasteiger charge is -2.34. The highest BCUT2D eigenvalue weighted by Gasteiger charge is 2.24.